The Balaban J connectivity index is 1.67. The second-order valence-electron chi connectivity index (χ2n) is 6.26. The summed E-state index contributed by atoms with van der Waals surface area (Å²) in [7, 11) is -7.85. The maximum atomic E-state index is 12.7. The summed E-state index contributed by atoms with van der Waals surface area (Å²) in [6, 6.07) is 16.5. The molecule has 0 radical (unpaired) electrons. The number of rotatable bonds is 4. The zero-order valence-electron chi connectivity index (χ0n) is 14.3. The van der Waals surface area contributed by atoms with Crippen molar-refractivity contribution in [2.45, 2.75) is 9.79 Å². The summed E-state index contributed by atoms with van der Waals surface area (Å²) in [5.74, 6) is -0.222. The van der Waals surface area contributed by atoms with Crippen molar-refractivity contribution in [3.63, 3.8) is 0 Å². The van der Waals surface area contributed by atoms with E-state index >= 15 is 0 Å². The summed E-state index contributed by atoms with van der Waals surface area (Å²) in [5, 5.41) is 5.03. The van der Waals surface area contributed by atoms with Crippen LogP contribution in [0.25, 0.3) is 11.1 Å². The molecule has 0 spiro atoms. The lowest BCUT2D eigenvalue weighted by molar-refractivity contribution is 0.104. The number of primary sulfonamides is 1. The highest BCUT2D eigenvalue weighted by Gasteiger charge is 2.28. The molecule has 1 aliphatic rings. The molecular formula is C19H14N2O5S2. The van der Waals surface area contributed by atoms with E-state index in [9.17, 15) is 21.6 Å². The third kappa shape index (κ3) is 3.09. The largest absolute Gasteiger partial charge is 0.289 e. The molecule has 0 aliphatic heterocycles. The molecule has 3 aromatic rings. The molecule has 1 aliphatic carbocycles. The van der Waals surface area contributed by atoms with Crippen molar-refractivity contribution in [3.05, 3.63) is 77.9 Å². The smallest absolute Gasteiger partial charge is 0.261 e. The first kappa shape index (κ1) is 18.4. The minimum atomic E-state index is -3.98. The maximum absolute atomic E-state index is 12.7. The first-order valence-corrected chi connectivity index (χ1v) is 11.1. The fourth-order valence-electron chi connectivity index (χ4n) is 3.10. The molecule has 142 valence electrons. The SMILES string of the molecule is NS(=O)(=O)c1ccc(NS(=O)(=O)c2ccc3c(c2)C(=O)c2ccccc2-3)cc1. The van der Waals surface area contributed by atoms with Gasteiger partial charge in [-0.15, -0.1) is 0 Å². The third-order valence-electron chi connectivity index (χ3n) is 4.44. The Morgan fingerprint density at radius 3 is 1.89 bits per heavy atom. The summed E-state index contributed by atoms with van der Waals surface area (Å²) >= 11 is 0. The van der Waals surface area contributed by atoms with Gasteiger partial charge in [0.2, 0.25) is 10.0 Å². The molecule has 0 bridgehead atoms. The number of sulfonamides is 2. The van der Waals surface area contributed by atoms with Gasteiger partial charge in [-0.05, 0) is 47.5 Å². The van der Waals surface area contributed by atoms with Crippen LogP contribution in [0.4, 0.5) is 5.69 Å². The van der Waals surface area contributed by atoms with Crippen LogP contribution in [0.5, 0.6) is 0 Å². The molecular weight excluding hydrogens is 400 g/mol. The quantitative estimate of drug-likeness (QED) is 0.530. The van der Waals surface area contributed by atoms with Crippen molar-refractivity contribution in [1.82, 2.24) is 0 Å². The third-order valence-corrected chi connectivity index (χ3v) is 6.75. The van der Waals surface area contributed by atoms with Gasteiger partial charge in [0.15, 0.2) is 5.78 Å². The Morgan fingerprint density at radius 2 is 1.25 bits per heavy atom. The zero-order chi connectivity index (χ0) is 20.1. The zero-order valence-corrected chi connectivity index (χ0v) is 15.9. The Morgan fingerprint density at radius 1 is 0.679 bits per heavy atom. The van der Waals surface area contributed by atoms with Gasteiger partial charge in [0, 0.05) is 16.8 Å². The van der Waals surface area contributed by atoms with E-state index in [2.05, 4.69) is 4.72 Å². The van der Waals surface area contributed by atoms with Gasteiger partial charge >= 0.3 is 0 Å². The highest BCUT2D eigenvalue weighted by atomic mass is 32.2. The van der Waals surface area contributed by atoms with Gasteiger partial charge < -0.3 is 0 Å². The van der Waals surface area contributed by atoms with Crippen molar-refractivity contribution >= 4 is 31.5 Å². The monoisotopic (exact) mass is 414 g/mol. The fraction of sp³-hybridized carbons (Fsp3) is 0. The molecule has 0 saturated heterocycles. The number of hydrogen-bond acceptors (Lipinski definition) is 5. The van der Waals surface area contributed by atoms with Crippen LogP contribution < -0.4 is 9.86 Å². The predicted octanol–water partition coefficient (Wildman–Crippen LogP) is 2.35. The summed E-state index contributed by atoms with van der Waals surface area (Å²) < 4.78 is 50.3. The average Bonchev–Trinajstić information content (AvgIpc) is 2.94. The van der Waals surface area contributed by atoms with E-state index in [4.69, 9.17) is 5.14 Å². The van der Waals surface area contributed by atoms with E-state index in [0.29, 0.717) is 16.7 Å². The highest BCUT2D eigenvalue weighted by molar-refractivity contribution is 7.92. The number of benzene rings is 3. The van der Waals surface area contributed by atoms with Crippen LogP contribution in [0.2, 0.25) is 0 Å². The molecule has 7 nitrogen and oxygen atoms in total. The van der Waals surface area contributed by atoms with Crippen molar-refractivity contribution in [2.75, 3.05) is 4.72 Å². The van der Waals surface area contributed by atoms with E-state index in [1.165, 1.54) is 36.4 Å². The van der Waals surface area contributed by atoms with Crippen LogP contribution in [-0.4, -0.2) is 22.6 Å². The number of anilines is 1. The minimum absolute atomic E-state index is 0.0667. The van der Waals surface area contributed by atoms with Crippen LogP contribution in [0.15, 0.2) is 76.5 Å². The van der Waals surface area contributed by atoms with Gasteiger partial charge in [-0.1, -0.05) is 30.3 Å². The molecule has 0 atom stereocenters. The second-order valence-corrected chi connectivity index (χ2v) is 9.50. The lowest BCUT2D eigenvalue weighted by atomic mass is 10.1. The number of nitrogens with two attached hydrogens (primary N) is 1. The molecule has 0 fully saturated rings. The van der Waals surface area contributed by atoms with E-state index in [1.54, 1.807) is 18.2 Å². The van der Waals surface area contributed by atoms with E-state index in [-0.39, 0.29) is 21.3 Å². The molecule has 0 amide bonds. The number of hydrogen-bond donors (Lipinski definition) is 2. The molecule has 0 heterocycles. The van der Waals surface area contributed by atoms with E-state index in [0.717, 1.165) is 5.56 Å². The molecule has 3 N–H and O–H groups in total. The average molecular weight is 414 g/mol. The normalized spacial score (nSPS) is 13.1. The molecule has 3 aromatic carbocycles. The summed E-state index contributed by atoms with van der Waals surface area (Å²) in [6.07, 6.45) is 0. The summed E-state index contributed by atoms with van der Waals surface area (Å²) in [5.41, 5.74) is 2.50. The van der Waals surface area contributed by atoms with Gasteiger partial charge in [0.25, 0.3) is 10.0 Å². The first-order chi connectivity index (χ1) is 13.2. The summed E-state index contributed by atoms with van der Waals surface area (Å²) in [4.78, 5) is 12.4. The maximum Gasteiger partial charge on any atom is 0.261 e. The lowest BCUT2D eigenvalue weighted by Crippen LogP contribution is -2.14. The van der Waals surface area contributed by atoms with Crippen LogP contribution in [0, 0.1) is 0 Å². The van der Waals surface area contributed by atoms with Gasteiger partial charge in [-0.25, -0.2) is 22.0 Å². The molecule has 4 rings (SSSR count). The Kier molecular flexibility index (Phi) is 4.11. The molecule has 28 heavy (non-hydrogen) atoms. The molecule has 0 saturated carbocycles. The highest BCUT2D eigenvalue weighted by Crippen LogP contribution is 2.37. The number of fused-ring (bicyclic) bond motifs is 3. The number of nitrogens with one attached hydrogen (secondary N) is 1. The van der Waals surface area contributed by atoms with Crippen LogP contribution >= 0.6 is 0 Å². The van der Waals surface area contributed by atoms with E-state index in [1.807, 2.05) is 12.1 Å². The number of carbonyl (C=O) groups is 1. The Bertz CT molecular complexity index is 1330. The molecule has 0 unspecified atom stereocenters. The fourth-order valence-corrected chi connectivity index (χ4v) is 4.70. The Labute approximate surface area is 161 Å². The minimum Gasteiger partial charge on any atom is -0.289 e. The first-order valence-electron chi connectivity index (χ1n) is 8.11. The van der Waals surface area contributed by atoms with Gasteiger partial charge in [0.1, 0.15) is 0 Å². The van der Waals surface area contributed by atoms with Crippen molar-refractivity contribution in [2.24, 2.45) is 5.14 Å². The topological polar surface area (TPSA) is 123 Å². The molecule has 9 heteroatoms. The molecule has 0 aromatic heterocycles. The standard InChI is InChI=1S/C19H14N2O5S2/c20-27(23,24)13-7-5-12(6-8-13)21-28(25,26)14-9-10-16-15-3-1-2-4-17(15)19(22)18(16)11-14/h1-11,21H,(H2,20,23,24). The van der Waals surface area contributed by atoms with Crippen molar-refractivity contribution < 1.29 is 21.6 Å². The van der Waals surface area contributed by atoms with Crippen LogP contribution in [-0.2, 0) is 20.0 Å². The van der Waals surface area contributed by atoms with Crippen LogP contribution in [0.1, 0.15) is 15.9 Å². The van der Waals surface area contributed by atoms with Crippen LogP contribution in [0.3, 0.4) is 0 Å². The summed E-state index contributed by atoms with van der Waals surface area (Å²) in [6.45, 7) is 0. The Hall–Kier alpha value is -3.01. The second kappa shape index (κ2) is 6.26. The van der Waals surface area contributed by atoms with E-state index < -0.39 is 20.0 Å². The van der Waals surface area contributed by atoms with Gasteiger partial charge in [-0.2, -0.15) is 0 Å². The number of carbonyl (C=O) groups excluding carboxylic acids is 1. The van der Waals surface area contributed by atoms with Crippen molar-refractivity contribution in [3.8, 4) is 11.1 Å². The number of ketones is 1. The van der Waals surface area contributed by atoms with Gasteiger partial charge in [-0.3, -0.25) is 9.52 Å². The van der Waals surface area contributed by atoms with Crippen molar-refractivity contribution in [1.29, 1.82) is 0 Å². The lowest BCUT2D eigenvalue weighted by Gasteiger charge is -2.10. The van der Waals surface area contributed by atoms with Gasteiger partial charge in [0.05, 0.1) is 9.79 Å². The predicted molar refractivity (Wildman–Crippen MR) is 104 cm³/mol.